The van der Waals surface area contributed by atoms with Gasteiger partial charge in [0.25, 0.3) is 0 Å². The second-order valence-corrected chi connectivity index (χ2v) is 6.68. The van der Waals surface area contributed by atoms with Gasteiger partial charge in [0.05, 0.1) is 25.8 Å². The van der Waals surface area contributed by atoms with Gasteiger partial charge in [-0.15, -0.1) is 24.0 Å². The van der Waals surface area contributed by atoms with Gasteiger partial charge in [-0.2, -0.15) is 0 Å². The van der Waals surface area contributed by atoms with Crippen molar-refractivity contribution >= 4 is 29.9 Å². The minimum atomic E-state index is -0.0746. The van der Waals surface area contributed by atoms with Crippen LogP contribution in [0.5, 0.6) is 0 Å². The molecule has 0 spiro atoms. The minimum Gasteiger partial charge on any atom is -0.379 e. The molecule has 1 unspecified atom stereocenters. The van der Waals surface area contributed by atoms with Crippen LogP contribution < -0.4 is 11.1 Å². The molecule has 2 rings (SSSR count). The number of hydrogen-bond donors (Lipinski definition) is 2. The van der Waals surface area contributed by atoms with E-state index in [1.165, 1.54) is 5.56 Å². The number of rotatable bonds is 4. The SMILES string of the molecule is CC(C)(C)NC(N)=NCC(c1ccccc1)N1CCOCC1.I. The molecule has 1 heterocycles. The summed E-state index contributed by atoms with van der Waals surface area (Å²) in [5, 5.41) is 3.21. The van der Waals surface area contributed by atoms with Gasteiger partial charge in [0.15, 0.2) is 5.96 Å². The molecule has 0 amide bonds. The van der Waals surface area contributed by atoms with Crippen LogP contribution in [-0.4, -0.2) is 49.2 Å². The molecular weight excluding hydrogens is 403 g/mol. The van der Waals surface area contributed by atoms with Gasteiger partial charge in [-0.25, -0.2) is 0 Å². The third kappa shape index (κ3) is 7.05. The molecule has 1 aromatic rings. The first-order valence-corrected chi connectivity index (χ1v) is 7.90. The van der Waals surface area contributed by atoms with Crippen molar-refractivity contribution in [2.24, 2.45) is 10.7 Å². The molecule has 0 aromatic heterocycles. The summed E-state index contributed by atoms with van der Waals surface area (Å²) in [5.41, 5.74) is 7.21. The van der Waals surface area contributed by atoms with Crippen molar-refractivity contribution in [3.05, 3.63) is 35.9 Å². The highest BCUT2D eigenvalue weighted by atomic mass is 127. The van der Waals surface area contributed by atoms with E-state index in [1.54, 1.807) is 0 Å². The predicted molar refractivity (Wildman–Crippen MR) is 106 cm³/mol. The maximum atomic E-state index is 6.01. The number of nitrogens with one attached hydrogen (secondary N) is 1. The summed E-state index contributed by atoms with van der Waals surface area (Å²) in [4.78, 5) is 6.99. The number of guanidine groups is 1. The van der Waals surface area contributed by atoms with Gasteiger partial charge in [0, 0.05) is 18.6 Å². The van der Waals surface area contributed by atoms with Crippen molar-refractivity contribution in [2.75, 3.05) is 32.8 Å². The average Bonchev–Trinajstić information content (AvgIpc) is 2.48. The second kappa shape index (κ2) is 9.44. The molecule has 1 fully saturated rings. The summed E-state index contributed by atoms with van der Waals surface area (Å²) in [6.07, 6.45) is 0. The zero-order chi connectivity index (χ0) is 16.0. The van der Waals surface area contributed by atoms with E-state index in [4.69, 9.17) is 10.5 Å². The zero-order valence-electron chi connectivity index (χ0n) is 14.3. The lowest BCUT2D eigenvalue weighted by Crippen LogP contribution is -2.45. The highest BCUT2D eigenvalue weighted by molar-refractivity contribution is 14.0. The Bertz CT molecular complexity index is 481. The molecule has 1 aliphatic heterocycles. The normalized spacial score (nSPS) is 18.1. The molecule has 23 heavy (non-hydrogen) atoms. The van der Waals surface area contributed by atoms with E-state index in [1.807, 2.05) is 6.07 Å². The Labute approximate surface area is 156 Å². The van der Waals surface area contributed by atoms with E-state index < -0.39 is 0 Å². The highest BCUT2D eigenvalue weighted by Crippen LogP contribution is 2.22. The van der Waals surface area contributed by atoms with Gasteiger partial charge < -0.3 is 15.8 Å². The van der Waals surface area contributed by atoms with Crippen LogP contribution >= 0.6 is 24.0 Å². The fraction of sp³-hybridized carbons (Fsp3) is 0.588. The van der Waals surface area contributed by atoms with Crippen molar-refractivity contribution in [1.29, 1.82) is 0 Å². The van der Waals surface area contributed by atoms with Crippen LogP contribution in [0.25, 0.3) is 0 Å². The van der Waals surface area contributed by atoms with Crippen LogP contribution in [0.15, 0.2) is 35.3 Å². The third-order valence-electron chi connectivity index (χ3n) is 3.61. The fourth-order valence-electron chi connectivity index (χ4n) is 2.60. The van der Waals surface area contributed by atoms with Crippen molar-refractivity contribution in [3.63, 3.8) is 0 Å². The van der Waals surface area contributed by atoms with Gasteiger partial charge in [-0.1, -0.05) is 30.3 Å². The number of nitrogens with two attached hydrogens (primary N) is 1. The van der Waals surface area contributed by atoms with Crippen molar-refractivity contribution in [2.45, 2.75) is 32.4 Å². The summed E-state index contributed by atoms with van der Waals surface area (Å²) in [7, 11) is 0. The van der Waals surface area contributed by atoms with Crippen molar-refractivity contribution in [3.8, 4) is 0 Å². The van der Waals surface area contributed by atoms with Crippen LogP contribution in [0.1, 0.15) is 32.4 Å². The smallest absolute Gasteiger partial charge is 0.189 e. The van der Waals surface area contributed by atoms with Crippen LogP contribution in [0.3, 0.4) is 0 Å². The standard InChI is InChI=1S/C17H28N4O.HI/c1-17(2,3)20-16(18)19-13-15(14-7-5-4-6-8-14)21-9-11-22-12-10-21;/h4-8,15H,9-13H2,1-3H3,(H3,18,19,20);1H. The molecule has 1 aromatic carbocycles. The summed E-state index contributed by atoms with van der Waals surface area (Å²) < 4.78 is 5.46. The molecule has 0 aliphatic carbocycles. The molecule has 0 bridgehead atoms. The Morgan fingerprint density at radius 2 is 1.87 bits per heavy atom. The molecule has 0 saturated carbocycles. The number of ether oxygens (including phenoxy) is 1. The van der Waals surface area contributed by atoms with Crippen LogP contribution in [0.4, 0.5) is 0 Å². The summed E-state index contributed by atoms with van der Waals surface area (Å²) >= 11 is 0. The molecule has 5 nitrogen and oxygen atoms in total. The van der Waals surface area contributed by atoms with Gasteiger partial charge in [0.1, 0.15) is 0 Å². The first-order chi connectivity index (χ1) is 10.5. The second-order valence-electron chi connectivity index (χ2n) is 6.68. The van der Waals surface area contributed by atoms with Crippen molar-refractivity contribution < 1.29 is 4.74 Å². The molecule has 3 N–H and O–H groups in total. The Kier molecular flexibility index (Phi) is 8.28. The van der Waals surface area contributed by atoms with E-state index >= 15 is 0 Å². The van der Waals surface area contributed by atoms with Gasteiger partial charge in [0.2, 0.25) is 0 Å². The number of aliphatic imine (C=N–C) groups is 1. The van der Waals surface area contributed by atoms with Crippen LogP contribution in [-0.2, 0) is 4.74 Å². The number of morpholine rings is 1. The Balaban J connectivity index is 0.00000264. The fourth-order valence-corrected chi connectivity index (χ4v) is 2.60. The molecule has 130 valence electrons. The molecular formula is C17H29IN4O. The molecule has 6 heteroatoms. The number of nitrogens with zero attached hydrogens (tertiary/aromatic N) is 2. The lowest BCUT2D eigenvalue weighted by Gasteiger charge is -2.34. The lowest BCUT2D eigenvalue weighted by atomic mass is 10.0. The average molecular weight is 432 g/mol. The monoisotopic (exact) mass is 432 g/mol. The lowest BCUT2D eigenvalue weighted by molar-refractivity contribution is 0.0180. The van der Waals surface area contributed by atoms with Gasteiger partial charge in [-0.05, 0) is 26.3 Å². The van der Waals surface area contributed by atoms with E-state index in [2.05, 4.69) is 60.2 Å². The Hall–Kier alpha value is -0.860. The minimum absolute atomic E-state index is 0. The molecule has 1 aliphatic rings. The summed E-state index contributed by atoms with van der Waals surface area (Å²) in [6, 6.07) is 10.7. The first-order valence-electron chi connectivity index (χ1n) is 7.90. The maximum absolute atomic E-state index is 6.01. The van der Waals surface area contributed by atoms with Gasteiger partial charge in [-0.3, -0.25) is 9.89 Å². The number of benzene rings is 1. The largest absolute Gasteiger partial charge is 0.379 e. The number of halogens is 1. The summed E-state index contributed by atoms with van der Waals surface area (Å²) in [5.74, 6) is 0.502. The number of hydrogen-bond acceptors (Lipinski definition) is 3. The van der Waals surface area contributed by atoms with Crippen LogP contribution in [0, 0.1) is 0 Å². The zero-order valence-corrected chi connectivity index (χ0v) is 16.6. The maximum Gasteiger partial charge on any atom is 0.189 e. The molecule has 1 atom stereocenters. The molecule has 0 radical (unpaired) electrons. The van der Waals surface area contributed by atoms with E-state index in [0.717, 1.165) is 26.3 Å². The van der Waals surface area contributed by atoms with E-state index in [0.29, 0.717) is 12.5 Å². The van der Waals surface area contributed by atoms with E-state index in [9.17, 15) is 0 Å². The molecule has 1 saturated heterocycles. The quantitative estimate of drug-likeness (QED) is 0.436. The third-order valence-corrected chi connectivity index (χ3v) is 3.61. The highest BCUT2D eigenvalue weighted by Gasteiger charge is 2.22. The van der Waals surface area contributed by atoms with Crippen molar-refractivity contribution in [1.82, 2.24) is 10.2 Å². The Morgan fingerprint density at radius 3 is 2.43 bits per heavy atom. The van der Waals surface area contributed by atoms with Crippen LogP contribution in [0.2, 0.25) is 0 Å². The summed E-state index contributed by atoms with van der Waals surface area (Å²) in [6.45, 7) is 10.3. The van der Waals surface area contributed by atoms with Gasteiger partial charge >= 0.3 is 0 Å². The first kappa shape index (κ1) is 20.2. The Morgan fingerprint density at radius 1 is 1.26 bits per heavy atom. The van der Waals surface area contributed by atoms with E-state index in [-0.39, 0.29) is 35.6 Å². The topological polar surface area (TPSA) is 62.9 Å². The predicted octanol–water partition coefficient (Wildman–Crippen LogP) is 2.38.